The molecule has 0 saturated heterocycles. The van der Waals surface area contributed by atoms with E-state index in [4.69, 9.17) is 11.6 Å². The Hall–Kier alpha value is -1.55. The fourth-order valence-corrected chi connectivity index (χ4v) is 1.64. The molecule has 0 bridgehead atoms. The number of methoxy groups -OCH3 is 1. The van der Waals surface area contributed by atoms with Gasteiger partial charge in [-0.2, -0.15) is 0 Å². The summed E-state index contributed by atoms with van der Waals surface area (Å²) in [6, 6.07) is 9.19. The minimum absolute atomic E-state index is 0.0809. The number of rotatable bonds is 5. The van der Waals surface area contributed by atoms with Gasteiger partial charge in [0.1, 0.15) is 0 Å². The summed E-state index contributed by atoms with van der Waals surface area (Å²) in [7, 11) is 1.27. The van der Waals surface area contributed by atoms with Crippen molar-refractivity contribution in [1.29, 1.82) is 0 Å². The van der Waals surface area contributed by atoms with Crippen LogP contribution in [0.2, 0.25) is 0 Å². The van der Waals surface area contributed by atoms with E-state index in [0.717, 1.165) is 5.56 Å². The molecule has 0 aliphatic heterocycles. The fourth-order valence-electron chi connectivity index (χ4n) is 1.45. The number of ketones is 1. The second-order valence-electron chi connectivity index (χ2n) is 3.44. The Bertz CT molecular complexity index is 381. The number of hydrogen-bond acceptors (Lipinski definition) is 3. The second-order valence-corrected chi connectivity index (χ2v) is 3.70. The first-order chi connectivity index (χ1) is 8.19. The highest BCUT2D eigenvalue weighted by Gasteiger charge is 2.20. The van der Waals surface area contributed by atoms with Crippen molar-refractivity contribution in [2.24, 2.45) is 0 Å². The van der Waals surface area contributed by atoms with E-state index < -0.39 is 12.0 Å². The minimum Gasteiger partial charge on any atom is -0.453 e. The summed E-state index contributed by atoms with van der Waals surface area (Å²) in [4.78, 5) is 22.7. The van der Waals surface area contributed by atoms with Crippen LogP contribution in [0.1, 0.15) is 11.5 Å². The third-order valence-electron chi connectivity index (χ3n) is 2.36. The first kappa shape index (κ1) is 13.5. The van der Waals surface area contributed by atoms with Gasteiger partial charge in [-0.1, -0.05) is 30.3 Å². The van der Waals surface area contributed by atoms with Crippen LogP contribution in [0, 0.1) is 0 Å². The molecule has 1 N–H and O–H groups in total. The number of ether oxygens (including phenoxy) is 1. The SMILES string of the molecule is COC(=O)NCC(C(=O)CCl)c1ccccc1. The Balaban J connectivity index is 2.75. The lowest BCUT2D eigenvalue weighted by Gasteiger charge is -2.15. The van der Waals surface area contributed by atoms with Gasteiger partial charge in [-0.3, -0.25) is 4.79 Å². The van der Waals surface area contributed by atoms with E-state index in [1.807, 2.05) is 30.3 Å². The highest BCUT2D eigenvalue weighted by Crippen LogP contribution is 2.16. The molecular weight excluding hydrogens is 242 g/mol. The summed E-state index contributed by atoms with van der Waals surface area (Å²) in [6.07, 6.45) is -0.562. The highest BCUT2D eigenvalue weighted by atomic mass is 35.5. The molecule has 1 aromatic carbocycles. The number of amides is 1. The zero-order valence-corrected chi connectivity index (χ0v) is 10.2. The number of carbonyl (C=O) groups excluding carboxylic acids is 2. The number of halogens is 1. The molecule has 4 nitrogen and oxygen atoms in total. The average molecular weight is 256 g/mol. The molecule has 5 heteroatoms. The van der Waals surface area contributed by atoms with Gasteiger partial charge in [0.05, 0.1) is 18.9 Å². The van der Waals surface area contributed by atoms with Gasteiger partial charge in [0, 0.05) is 6.54 Å². The largest absolute Gasteiger partial charge is 0.453 e. The summed E-state index contributed by atoms with van der Waals surface area (Å²) in [6.45, 7) is 0.183. The smallest absolute Gasteiger partial charge is 0.406 e. The molecular formula is C12H14ClNO3. The number of hydrogen-bond donors (Lipinski definition) is 1. The number of Topliss-reactive ketones (excluding diaryl/α,β-unsaturated/α-hetero) is 1. The van der Waals surface area contributed by atoms with Crippen molar-refractivity contribution >= 4 is 23.5 Å². The Labute approximate surface area is 105 Å². The zero-order chi connectivity index (χ0) is 12.7. The minimum atomic E-state index is -0.562. The summed E-state index contributed by atoms with van der Waals surface area (Å²) in [5.41, 5.74) is 0.828. The lowest BCUT2D eigenvalue weighted by molar-refractivity contribution is -0.118. The number of nitrogens with one attached hydrogen (secondary N) is 1. The van der Waals surface area contributed by atoms with Crippen molar-refractivity contribution < 1.29 is 14.3 Å². The van der Waals surface area contributed by atoms with Gasteiger partial charge < -0.3 is 10.1 Å². The van der Waals surface area contributed by atoms with Gasteiger partial charge in [-0.05, 0) is 5.56 Å². The lowest BCUT2D eigenvalue weighted by Crippen LogP contribution is -2.32. The van der Waals surface area contributed by atoms with Crippen molar-refractivity contribution in [2.45, 2.75) is 5.92 Å². The number of alkyl halides is 1. The van der Waals surface area contributed by atoms with Crippen LogP contribution in [0.15, 0.2) is 30.3 Å². The Kier molecular flexibility index (Phi) is 5.49. The molecule has 92 valence electrons. The average Bonchev–Trinajstić information content (AvgIpc) is 2.39. The van der Waals surface area contributed by atoms with Crippen LogP contribution >= 0.6 is 11.6 Å². The molecule has 0 radical (unpaired) electrons. The van der Waals surface area contributed by atoms with Gasteiger partial charge in [-0.15, -0.1) is 11.6 Å². The van der Waals surface area contributed by atoms with E-state index in [1.165, 1.54) is 7.11 Å². The van der Waals surface area contributed by atoms with Crippen LogP contribution < -0.4 is 5.32 Å². The van der Waals surface area contributed by atoms with Crippen molar-refractivity contribution in [3.63, 3.8) is 0 Å². The molecule has 17 heavy (non-hydrogen) atoms. The molecule has 1 atom stereocenters. The van der Waals surface area contributed by atoms with E-state index in [9.17, 15) is 9.59 Å². The molecule has 1 aromatic rings. The van der Waals surface area contributed by atoms with Crippen LogP contribution in [-0.4, -0.2) is 31.4 Å². The number of alkyl carbamates (subject to hydrolysis) is 1. The topological polar surface area (TPSA) is 55.4 Å². The maximum Gasteiger partial charge on any atom is 0.406 e. The van der Waals surface area contributed by atoms with Crippen LogP contribution in [0.4, 0.5) is 4.79 Å². The van der Waals surface area contributed by atoms with Gasteiger partial charge in [-0.25, -0.2) is 4.79 Å². The molecule has 0 aromatic heterocycles. The molecule has 0 fully saturated rings. The summed E-state index contributed by atoms with van der Waals surface area (Å²) in [5, 5.41) is 2.51. The maximum atomic E-state index is 11.7. The Morgan fingerprint density at radius 2 is 2.00 bits per heavy atom. The standard InChI is InChI=1S/C12H14ClNO3/c1-17-12(16)14-8-10(11(15)7-13)9-5-3-2-4-6-9/h2-6,10H,7-8H2,1H3,(H,14,16). The third kappa shape index (κ3) is 4.07. The van der Waals surface area contributed by atoms with Gasteiger partial charge >= 0.3 is 6.09 Å². The van der Waals surface area contributed by atoms with E-state index in [-0.39, 0.29) is 18.2 Å². The predicted octanol–water partition coefficient (Wildman–Crippen LogP) is 1.93. The molecule has 0 aliphatic rings. The number of carbonyl (C=O) groups is 2. The highest BCUT2D eigenvalue weighted by molar-refractivity contribution is 6.28. The molecule has 0 saturated carbocycles. The van der Waals surface area contributed by atoms with Crippen LogP contribution in [0.3, 0.4) is 0 Å². The van der Waals surface area contributed by atoms with E-state index >= 15 is 0 Å². The first-order valence-electron chi connectivity index (χ1n) is 5.14. The van der Waals surface area contributed by atoms with Crippen molar-refractivity contribution in [3.05, 3.63) is 35.9 Å². The van der Waals surface area contributed by atoms with E-state index in [1.54, 1.807) is 0 Å². The lowest BCUT2D eigenvalue weighted by atomic mass is 9.95. The molecule has 1 amide bonds. The summed E-state index contributed by atoms with van der Waals surface area (Å²) in [5.74, 6) is -0.648. The van der Waals surface area contributed by atoms with Gasteiger partial charge in [0.15, 0.2) is 5.78 Å². The van der Waals surface area contributed by atoms with Crippen LogP contribution in [-0.2, 0) is 9.53 Å². The summed E-state index contributed by atoms with van der Waals surface area (Å²) >= 11 is 5.55. The predicted molar refractivity (Wildman–Crippen MR) is 65.3 cm³/mol. The molecule has 0 aliphatic carbocycles. The maximum absolute atomic E-state index is 11.7. The third-order valence-corrected chi connectivity index (χ3v) is 2.62. The van der Waals surface area contributed by atoms with Crippen LogP contribution in [0.5, 0.6) is 0 Å². The van der Waals surface area contributed by atoms with Crippen molar-refractivity contribution in [1.82, 2.24) is 5.32 Å². The van der Waals surface area contributed by atoms with Gasteiger partial charge in [0.25, 0.3) is 0 Å². The van der Waals surface area contributed by atoms with Gasteiger partial charge in [0.2, 0.25) is 0 Å². The Morgan fingerprint density at radius 3 is 2.53 bits per heavy atom. The number of benzene rings is 1. The summed E-state index contributed by atoms with van der Waals surface area (Å²) < 4.78 is 4.46. The molecule has 1 unspecified atom stereocenters. The van der Waals surface area contributed by atoms with Crippen molar-refractivity contribution in [3.8, 4) is 0 Å². The zero-order valence-electron chi connectivity index (χ0n) is 9.48. The quantitative estimate of drug-likeness (QED) is 0.818. The first-order valence-corrected chi connectivity index (χ1v) is 5.68. The van der Waals surface area contributed by atoms with Crippen LogP contribution in [0.25, 0.3) is 0 Å². The molecule has 1 rings (SSSR count). The Morgan fingerprint density at radius 1 is 1.35 bits per heavy atom. The fraction of sp³-hybridized carbons (Fsp3) is 0.333. The molecule has 0 heterocycles. The monoisotopic (exact) mass is 255 g/mol. The van der Waals surface area contributed by atoms with E-state index in [2.05, 4.69) is 10.1 Å². The molecule has 0 spiro atoms. The second kappa shape index (κ2) is 6.91. The normalized spacial score (nSPS) is 11.6. The van der Waals surface area contributed by atoms with E-state index in [0.29, 0.717) is 0 Å². The van der Waals surface area contributed by atoms with Crippen molar-refractivity contribution in [2.75, 3.05) is 19.5 Å².